The Hall–Kier alpha value is -2.91. The number of amides is 4. The van der Waals surface area contributed by atoms with Gasteiger partial charge < -0.3 is 45.9 Å². The van der Waals surface area contributed by atoms with Crippen LogP contribution < -0.4 is 27.0 Å². The molecule has 3 unspecified atom stereocenters. The molecule has 13 nitrogen and oxygen atoms in total. The first-order valence-electron chi connectivity index (χ1n) is 14.4. The predicted molar refractivity (Wildman–Crippen MR) is 160 cm³/mol. The van der Waals surface area contributed by atoms with Crippen LogP contribution >= 0.6 is 11.8 Å². The van der Waals surface area contributed by atoms with Crippen LogP contribution in [0.25, 0.3) is 0 Å². The van der Waals surface area contributed by atoms with E-state index in [1.807, 2.05) is 11.8 Å². The third-order valence-corrected chi connectivity index (χ3v) is 8.24. The van der Waals surface area contributed by atoms with Gasteiger partial charge in [-0.15, -0.1) is 0 Å². The van der Waals surface area contributed by atoms with Crippen molar-refractivity contribution in [2.24, 2.45) is 0 Å². The summed E-state index contributed by atoms with van der Waals surface area (Å²) in [6.07, 6.45) is 4.14. The van der Waals surface area contributed by atoms with Crippen molar-refractivity contribution in [3.63, 3.8) is 0 Å². The molecule has 0 aliphatic carbocycles. The Morgan fingerprint density at radius 3 is 2.31 bits per heavy atom. The molecule has 0 spiro atoms. The first kappa shape index (κ1) is 33.6. The lowest BCUT2D eigenvalue weighted by Crippen LogP contribution is -2.36. The van der Waals surface area contributed by atoms with Gasteiger partial charge in [-0.3, -0.25) is 14.4 Å². The number of carbonyl (C=O) groups excluding carboxylic acids is 4. The fourth-order valence-electron chi connectivity index (χ4n) is 4.54. The summed E-state index contributed by atoms with van der Waals surface area (Å²) in [7, 11) is 0. The van der Waals surface area contributed by atoms with Gasteiger partial charge in [0, 0.05) is 40.9 Å². The summed E-state index contributed by atoms with van der Waals surface area (Å²) >= 11 is 1.89. The molecule has 2 fully saturated rings. The highest BCUT2D eigenvalue weighted by Crippen LogP contribution is 2.33. The van der Waals surface area contributed by atoms with Gasteiger partial charge in [-0.1, -0.05) is 6.42 Å². The van der Waals surface area contributed by atoms with E-state index in [0.717, 1.165) is 25.0 Å². The van der Waals surface area contributed by atoms with Crippen molar-refractivity contribution in [2.75, 3.05) is 76.2 Å². The molecule has 1 aromatic carbocycles. The zero-order valence-electron chi connectivity index (χ0n) is 23.9. The molecule has 2 saturated heterocycles. The van der Waals surface area contributed by atoms with Crippen molar-refractivity contribution in [1.82, 2.24) is 16.0 Å². The number of hydrogen-bond donors (Lipinski definition) is 5. The second-order valence-electron chi connectivity index (χ2n) is 9.93. The third kappa shape index (κ3) is 12.5. The molecule has 3 rings (SSSR count). The molecule has 0 radical (unpaired) electrons. The van der Waals surface area contributed by atoms with Gasteiger partial charge in [0.25, 0.3) is 0 Å². The normalized spacial score (nSPS) is 19.1. The van der Waals surface area contributed by atoms with Crippen LogP contribution in [-0.2, 0) is 28.5 Å². The van der Waals surface area contributed by atoms with Crippen LogP contribution in [0, 0.1) is 0 Å². The molecular weight excluding hydrogens is 566 g/mol. The van der Waals surface area contributed by atoms with Gasteiger partial charge >= 0.3 is 6.03 Å². The zero-order chi connectivity index (χ0) is 30.0. The van der Waals surface area contributed by atoms with E-state index in [2.05, 4.69) is 21.3 Å². The van der Waals surface area contributed by atoms with Crippen molar-refractivity contribution < 1.29 is 38.1 Å². The van der Waals surface area contributed by atoms with E-state index in [1.54, 1.807) is 12.1 Å². The second kappa shape index (κ2) is 19.3. The lowest BCUT2D eigenvalue weighted by atomic mass is 10.0. The Bertz CT molecular complexity index is 1020. The Morgan fingerprint density at radius 1 is 0.929 bits per heavy atom. The highest BCUT2D eigenvalue weighted by Gasteiger charge is 2.42. The monoisotopic (exact) mass is 609 g/mol. The number of anilines is 2. The lowest BCUT2D eigenvalue weighted by Gasteiger charge is -2.16. The largest absolute Gasteiger partial charge is 0.398 e. The van der Waals surface area contributed by atoms with Crippen LogP contribution in [0.2, 0.25) is 0 Å². The van der Waals surface area contributed by atoms with Crippen molar-refractivity contribution in [3.05, 3.63) is 23.8 Å². The first-order chi connectivity index (χ1) is 20.5. The van der Waals surface area contributed by atoms with Gasteiger partial charge in [0.1, 0.15) is 0 Å². The highest BCUT2D eigenvalue weighted by atomic mass is 32.2. The van der Waals surface area contributed by atoms with E-state index in [-0.39, 0.29) is 43.0 Å². The summed E-state index contributed by atoms with van der Waals surface area (Å²) in [5.74, 6) is 0.767. The molecule has 0 bridgehead atoms. The Labute approximate surface area is 250 Å². The minimum absolute atomic E-state index is 0.0277. The average molecular weight is 610 g/mol. The van der Waals surface area contributed by atoms with Crippen molar-refractivity contribution in [1.29, 1.82) is 0 Å². The van der Waals surface area contributed by atoms with Crippen LogP contribution in [0.1, 0.15) is 42.5 Å². The number of thioether (sulfide) groups is 1. The van der Waals surface area contributed by atoms with Crippen molar-refractivity contribution in [3.8, 4) is 0 Å². The van der Waals surface area contributed by atoms with Gasteiger partial charge in [-0.2, -0.15) is 11.8 Å². The van der Waals surface area contributed by atoms with Crippen LogP contribution in [0.3, 0.4) is 0 Å². The quantitative estimate of drug-likeness (QED) is 0.0557. The first-order valence-corrected chi connectivity index (χ1v) is 15.4. The number of urea groups is 1. The predicted octanol–water partition coefficient (Wildman–Crippen LogP) is 1.32. The van der Waals surface area contributed by atoms with E-state index in [9.17, 15) is 19.2 Å². The van der Waals surface area contributed by atoms with Crippen LogP contribution in [0.5, 0.6) is 0 Å². The number of nitrogens with one attached hydrogen (secondary N) is 4. The van der Waals surface area contributed by atoms with Gasteiger partial charge in [0.15, 0.2) is 6.29 Å². The minimum Gasteiger partial charge on any atom is -0.398 e. The van der Waals surface area contributed by atoms with Crippen LogP contribution in [0.15, 0.2) is 18.2 Å². The van der Waals surface area contributed by atoms with Gasteiger partial charge in [0.05, 0.1) is 71.4 Å². The summed E-state index contributed by atoms with van der Waals surface area (Å²) < 4.78 is 21.8. The molecule has 42 heavy (non-hydrogen) atoms. The molecule has 0 saturated carbocycles. The molecule has 1 aromatic rings. The van der Waals surface area contributed by atoms with Gasteiger partial charge in [0.2, 0.25) is 11.8 Å². The zero-order valence-corrected chi connectivity index (χ0v) is 24.7. The SMILES string of the molecule is Nc1cc(NC(=O)CCOCCOCCOCCOCCNC(=O)CCCCC2SCC3NC(=O)NC32)ccc1C=O. The number of fused-ring (bicyclic) bond motifs is 1. The summed E-state index contributed by atoms with van der Waals surface area (Å²) in [4.78, 5) is 46.2. The van der Waals surface area contributed by atoms with Gasteiger partial charge in [-0.25, -0.2) is 4.79 Å². The molecular formula is C28H43N5O8S. The van der Waals surface area contributed by atoms with Crippen LogP contribution in [0.4, 0.5) is 16.2 Å². The maximum Gasteiger partial charge on any atom is 0.315 e. The smallest absolute Gasteiger partial charge is 0.315 e. The number of aldehydes is 1. The molecule has 4 amide bonds. The number of carbonyl (C=O) groups is 4. The molecule has 2 heterocycles. The number of hydrogen-bond acceptors (Lipinski definition) is 10. The third-order valence-electron chi connectivity index (χ3n) is 6.74. The fourth-order valence-corrected chi connectivity index (χ4v) is 6.08. The van der Waals surface area contributed by atoms with Gasteiger partial charge in [-0.05, 0) is 31.0 Å². The Kier molecular flexibility index (Phi) is 15.4. The highest BCUT2D eigenvalue weighted by molar-refractivity contribution is 8.00. The topological polar surface area (TPSA) is 179 Å². The summed E-state index contributed by atoms with van der Waals surface area (Å²) in [6, 6.07) is 5.10. The molecule has 0 aromatic heterocycles. The molecule has 2 aliphatic heterocycles. The minimum atomic E-state index is -0.213. The molecule has 6 N–H and O–H groups in total. The van der Waals surface area contributed by atoms with Crippen molar-refractivity contribution >= 4 is 47.3 Å². The molecule has 14 heteroatoms. The number of rotatable bonds is 22. The standard InChI is InChI=1S/C28H43N5O8S/c29-22-17-21(6-5-20(22)18-34)31-26(36)7-9-38-11-13-40-15-16-41-14-12-39-10-8-30-25(35)4-2-1-3-24-27-23(19-42-24)32-28(37)33-27/h5-6,17-18,23-24,27H,1-4,7-16,19,29H2,(H,30,35)(H,31,36)(H2,32,33,37). The lowest BCUT2D eigenvalue weighted by molar-refractivity contribution is -0.121. The van der Waals surface area contributed by atoms with E-state index in [4.69, 9.17) is 24.7 Å². The van der Waals surface area contributed by atoms with Crippen molar-refractivity contribution in [2.45, 2.75) is 49.4 Å². The second-order valence-corrected chi connectivity index (χ2v) is 11.2. The Morgan fingerprint density at radius 2 is 1.62 bits per heavy atom. The molecule has 2 aliphatic rings. The number of nitrogen functional groups attached to an aromatic ring is 1. The molecule has 234 valence electrons. The summed E-state index contributed by atoms with van der Waals surface area (Å²) in [5.41, 5.74) is 6.95. The number of benzene rings is 1. The average Bonchev–Trinajstić information content (AvgIpc) is 3.52. The Balaban J connectivity index is 1.02. The summed E-state index contributed by atoms with van der Waals surface area (Å²) in [6.45, 7) is 3.61. The molecule has 3 atom stereocenters. The van der Waals surface area contributed by atoms with E-state index in [1.165, 1.54) is 6.07 Å². The number of ether oxygens (including phenoxy) is 4. The fraction of sp³-hybridized carbons (Fsp3) is 0.643. The maximum atomic E-state index is 12.0. The number of unbranched alkanes of at least 4 members (excludes halogenated alkanes) is 1. The van der Waals surface area contributed by atoms with E-state index < -0.39 is 0 Å². The summed E-state index contributed by atoms with van der Waals surface area (Å²) in [5, 5.41) is 11.9. The number of nitrogens with two attached hydrogens (primary N) is 1. The van der Waals surface area contributed by atoms with E-state index in [0.29, 0.717) is 87.7 Å². The van der Waals surface area contributed by atoms with E-state index >= 15 is 0 Å². The maximum absolute atomic E-state index is 12.0. The van der Waals surface area contributed by atoms with Crippen LogP contribution in [-0.4, -0.2) is 107 Å².